The number of methoxy groups -OCH3 is 2. The fraction of sp³-hybridized carbons (Fsp3) is 0.440. The molecule has 1 N–H and O–H groups in total. The SMILES string of the molecule is CCCCNC(=O)C(C)N(Cc1ccc(Cl)cc1)C(=O)CN(c1cc(OC)ccc1OC)S(C)(=O)=O. The highest BCUT2D eigenvalue weighted by Gasteiger charge is 2.31. The summed E-state index contributed by atoms with van der Waals surface area (Å²) in [6, 6.07) is 10.7. The molecule has 0 heterocycles. The standard InChI is InChI=1S/C25H34ClN3O6S/c1-6-7-14-27-25(31)18(2)28(16-19-8-10-20(26)11-9-19)24(30)17-29(36(5,32)33)22-15-21(34-3)12-13-23(22)35-4/h8-13,15,18H,6-7,14,16-17H2,1-5H3,(H,27,31). The van der Waals surface area contributed by atoms with Crippen molar-refractivity contribution >= 4 is 39.1 Å². The Bertz CT molecular complexity index is 1140. The van der Waals surface area contributed by atoms with E-state index in [0.29, 0.717) is 17.3 Å². The van der Waals surface area contributed by atoms with E-state index in [1.54, 1.807) is 43.3 Å². The summed E-state index contributed by atoms with van der Waals surface area (Å²) in [4.78, 5) is 27.8. The molecule has 0 aliphatic rings. The molecule has 0 saturated carbocycles. The van der Waals surface area contributed by atoms with E-state index < -0.39 is 28.5 Å². The van der Waals surface area contributed by atoms with Gasteiger partial charge in [0.2, 0.25) is 21.8 Å². The third-order valence-corrected chi connectivity index (χ3v) is 6.98. The van der Waals surface area contributed by atoms with Gasteiger partial charge in [0.05, 0.1) is 26.2 Å². The number of carbonyl (C=O) groups is 2. The zero-order valence-corrected chi connectivity index (χ0v) is 22.9. The van der Waals surface area contributed by atoms with E-state index in [-0.39, 0.29) is 23.9 Å². The number of ether oxygens (including phenoxy) is 2. The fourth-order valence-electron chi connectivity index (χ4n) is 3.49. The van der Waals surface area contributed by atoms with Crippen LogP contribution in [0.15, 0.2) is 42.5 Å². The number of benzene rings is 2. The molecule has 0 saturated heterocycles. The van der Waals surface area contributed by atoms with Crippen LogP contribution in [0.2, 0.25) is 5.02 Å². The van der Waals surface area contributed by atoms with Crippen LogP contribution in [0.5, 0.6) is 11.5 Å². The van der Waals surface area contributed by atoms with Crippen molar-refractivity contribution in [1.82, 2.24) is 10.2 Å². The van der Waals surface area contributed by atoms with Gasteiger partial charge in [0.15, 0.2) is 0 Å². The normalized spacial score (nSPS) is 11.9. The van der Waals surface area contributed by atoms with Gasteiger partial charge in [-0.2, -0.15) is 0 Å². The molecule has 9 nitrogen and oxygen atoms in total. The molecule has 0 spiro atoms. The van der Waals surface area contributed by atoms with Crippen LogP contribution < -0.4 is 19.1 Å². The second-order valence-corrected chi connectivity index (χ2v) is 10.6. The van der Waals surface area contributed by atoms with Crippen LogP contribution in [-0.4, -0.2) is 64.7 Å². The summed E-state index contributed by atoms with van der Waals surface area (Å²) in [5, 5.41) is 3.38. The zero-order valence-electron chi connectivity index (χ0n) is 21.3. The van der Waals surface area contributed by atoms with E-state index in [9.17, 15) is 18.0 Å². The number of sulfonamides is 1. The van der Waals surface area contributed by atoms with Crippen LogP contribution in [0.1, 0.15) is 32.3 Å². The lowest BCUT2D eigenvalue weighted by Crippen LogP contribution is -2.51. The van der Waals surface area contributed by atoms with Crippen LogP contribution in [0.25, 0.3) is 0 Å². The highest BCUT2D eigenvalue weighted by atomic mass is 35.5. The second kappa shape index (κ2) is 13.4. The molecule has 2 amide bonds. The third kappa shape index (κ3) is 8.03. The Labute approximate surface area is 218 Å². The van der Waals surface area contributed by atoms with Crippen molar-refractivity contribution in [2.45, 2.75) is 39.3 Å². The average Bonchev–Trinajstić information content (AvgIpc) is 2.85. The third-order valence-electron chi connectivity index (χ3n) is 5.60. The van der Waals surface area contributed by atoms with Gasteiger partial charge in [-0.25, -0.2) is 8.42 Å². The fourth-order valence-corrected chi connectivity index (χ4v) is 4.46. The van der Waals surface area contributed by atoms with E-state index in [0.717, 1.165) is 29.0 Å². The number of rotatable bonds is 13. The van der Waals surface area contributed by atoms with Crippen molar-refractivity contribution in [3.63, 3.8) is 0 Å². The smallest absolute Gasteiger partial charge is 0.244 e. The van der Waals surface area contributed by atoms with E-state index in [2.05, 4.69) is 5.32 Å². The van der Waals surface area contributed by atoms with E-state index in [1.807, 2.05) is 6.92 Å². The number of halogens is 1. The Kier molecular flexibility index (Phi) is 10.9. The Morgan fingerprint density at radius 3 is 2.31 bits per heavy atom. The van der Waals surface area contributed by atoms with Gasteiger partial charge in [0, 0.05) is 24.2 Å². The molecule has 0 fully saturated rings. The zero-order chi connectivity index (χ0) is 26.9. The molecule has 198 valence electrons. The molecule has 0 radical (unpaired) electrons. The summed E-state index contributed by atoms with van der Waals surface area (Å²) in [5.41, 5.74) is 0.894. The van der Waals surface area contributed by atoms with Gasteiger partial charge < -0.3 is 19.7 Å². The first-order chi connectivity index (χ1) is 17.0. The summed E-state index contributed by atoms with van der Waals surface area (Å²) in [7, 11) is -1.06. The molecule has 2 aromatic carbocycles. The van der Waals surface area contributed by atoms with E-state index in [4.69, 9.17) is 21.1 Å². The van der Waals surface area contributed by atoms with Gasteiger partial charge in [-0.15, -0.1) is 0 Å². The highest BCUT2D eigenvalue weighted by Crippen LogP contribution is 2.34. The molecule has 0 aliphatic heterocycles. The van der Waals surface area contributed by atoms with Crippen LogP contribution in [0.4, 0.5) is 5.69 Å². The van der Waals surface area contributed by atoms with Crippen molar-refractivity contribution in [2.75, 3.05) is 37.9 Å². The molecule has 0 bridgehead atoms. The number of nitrogens with zero attached hydrogens (tertiary/aromatic N) is 2. The maximum atomic E-state index is 13.6. The van der Waals surface area contributed by atoms with Gasteiger partial charge in [0.1, 0.15) is 24.1 Å². The first-order valence-electron chi connectivity index (χ1n) is 11.5. The largest absolute Gasteiger partial charge is 0.497 e. The predicted molar refractivity (Wildman–Crippen MR) is 141 cm³/mol. The molecule has 1 atom stereocenters. The minimum absolute atomic E-state index is 0.0885. The first kappa shape index (κ1) is 29.3. The summed E-state index contributed by atoms with van der Waals surface area (Å²) < 4.78 is 37.1. The Morgan fingerprint density at radius 2 is 1.75 bits per heavy atom. The Balaban J connectivity index is 2.43. The molecular weight excluding hydrogens is 506 g/mol. The minimum Gasteiger partial charge on any atom is -0.497 e. The monoisotopic (exact) mass is 539 g/mol. The summed E-state index contributed by atoms with van der Waals surface area (Å²) in [5.74, 6) is -0.230. The van der Waals surface area contributed by atoms with Crippen LogP contribution in [0.3, 0.4) is 0 Å². The van der Waals surface area contributed by atoms with Crippen molar-refractivity contribution in [2.24, 2.45) is 0 Å². The van der Waals surface area contributed by atoms with Crippen molar-refractivity contribution < 1.29 is 27.5 Å². The molecule has 11 heteroatoms. The second-order valence-electron chi connectivity index (χ2n) is 8.28. The molecule has 2 aromatic rings. The van der Waals surface area contributed by atoms with Crippen molar-refractivity contribution in [3.05, 3.63) is 53.1 Å². The molecule has 0 aromatic heterocycles. The van der Waals surface area contributed by atoms with Gasteiger partial charge >= 0.3 is 0 Å². The van der Waals surface area contributed by atoms with Crippen LogP contribution >= 0.6 is 11.6 Å². The number of carbonyl (C=O) groups excluding carboxylic acids is 2. The lowest BCUT2D eigenvalue weighted by molar-refractivity contribution is -0.139. The van der Waals surface area contributed by atoms with E-state index in [1.165, 1.54) is 25.2 Å². The predicted octanol–water partition coefficient (Wildman–Crippen LogP) is 3.46. The number of nitrogens with one attached hydrogen (secondary N) is 1. The van der Waals surface area contributed by atoms with Crippen LogP contribution in [-0.2, 0) is 26.2 Å². The van der Waals surface area contributed by atoms with Crippen molar-refractivity contribution in [3.8, 4) is 11.5 Å². The number of hydrogen-bond acceptors (Lipinski definition) is 6. The van der Waals surface area contributed by atoms with Gasteiger partial charge in [-0.3, -0.25) is 13.9 Å². The molecular formula is C25H34ClN3O6S. The maximum absolute atomic E-state index is 13.6. The molecule has 1 unspecified atom stereocenters. The summed E-state index contributed by atoms with van der Waals surface area (Å²) in [6.07, 6.45) is 2.72. The van der Waals surface area contributed by atoms with Gasteiger partial charge in [-0.1, -0.05) is 37.1 Å². The molecule has 0 aliphatic carbocycles. The van der Waals surface area contributed by atoms with E-state index >= 15 is 0 Å². The van der Waals surface area contributed by atoms with Crippen LogP contribution in [0, 0.1) is 0 Å². The number of hydrogen-bond donors (Lipinski definition) is 1. The number of amides is 2. The maximum Gasteiger partial charge on any atom is 0.244 e. The van der Waals surface area contributed by atoms with Gasteiger partial charge in [-0.05, 0) is 43.2 Å². The lowest BCUT2D eigenvalue weighted by atomic mass is 10.1. The summed E-state index contributed by atoms with van der Waals surface area (Å²) >= 11 is 5.99. The highest BCUT2D eigenvalue weighted by molar-refractivity contribution is 7.92. The quantitative estimate of drug-likeness (QED) is 0.391. The molecule has 36 heavy (non-hydrogen) atoms. The summed E-state index contributed by atoms with van der Waals surface area (Å²) in [6.45, 7) is 3.66. The number of unbranched alkanes of at least 4 members (excludes halogenated alkanes) is 1. The van der Waals surface area contributed by atoms with Gasteiger partial charge in [0.25, 0.3) is 0 Å². The lowest BCUT2D eigenvalue weighted by Gasteiger charge is -2.32. The topological polar surface area (TPSA) is 105 Å². The molecule has 2 rings (SSSR count). The first-order valence-corrected chi connectivity index (χ1v) is 13.8. The number of anilines is 1. The minimum atomic E-state index is -3.91. The Hall–Kier alpha value is -2.98. The Morgan fingerprint density at radius 1 is 1.08 bits per heavy atom. The average molecular weight is 540 g/mol. The van der Waals surface area contributed by atoms with Crippen molar-refractivity contribution in [1.29, 1.82) is 0 Å².